The topological polar surface area (TPSA) is 115 Å². The van der Waals surface area contributed by atoms with Crippen molar-refractivity contribution >= 4 is 41.0 Å². The molecular weight excluding hydrogens is 644 g/mol. The highest BCUT2D eigenvalue weighted by atomic mass is 35.5. The Balaban J connectivity index is 1.53. The summed E-state index contributed by atoms with van der Waals surface area (Å²) in [6.07, 6.45) is 3.13. The normalized spacial score (nSPS) is 14.0. The average Bonchev–Trinajstić information content (AvgIpc) is 3.39. The Morgan fingerprint density at radius 2 is 1.62 bits per heavy atom. The van der Waals surface area contributed by atoms with Crippen LogP contribution >= 0.6 is 22.9 Å². The van der Waals surface area contributed by atoms with Crippen LogP contribution in [-0.2, 0) is 20.9 Å². The summed E-state index contributed by atoms with van der Waals surface area (Å²) in [6, 6.07) is 16.6. The lowest BCUT2D eigenvalue weighted by atomic mass is 9.97. The predicted octanol–water partition coefficient (Wildman–Crippen LogP) is 5.22. The van der Waals surface area contributed by atoms with Gasteiger partial charge in [-0.15, -0.1) is 0 Å². The lowest BCUT2D eigenvalue weighted by molar-refractivity contribution is -0.136. The summed E-state index contributed by atoms with van der Waals surface area (Å²) < 4.78 is 29.6. The van der Waals surface area contributed by atoms with Crippen LogP contribution < -0.4 is 29.1 Å². The number of benzene rings is 3. The molecule has 244 valence electrons. The van der Waals surface area contributed by atoms with Gasteiger partial charge < -0.3 is 23.7 Å². The number of ether oxygens (including phenoxy) is 5. The van der Waals surface area contributed by atoms with Crippen LogP contribution in [0.3, 0.4) is 0 Å². The molecule has 0 saturated carbocycles. The largest absolute Gasteiger partial charge is 0.490 e. The van der Waals surface area contributed by atoms with Crippen molar-refractivity contribution in [1.82, 2.24) is 4.57 Å². The summed E-state index contributed by atoms with van der Waals surface area (Å²) in [6.45, 7) is 6.83. The van der Waals surface area contributed by atoms with Crippen molar-refractivity contribution in [2.24, 2.45) is 4.99 Å². The molecule has 0 radical (unpaired) electrons. The molecule has 2 heterocycles. The van der Waals surface area contributed by atoms with Crippen molar-refractivity contribution in [3.05, 3.63) is 119 Å². The van der Waals surface area contributed by atoms with Crippen molar-refractivity contribution in [1.29, 1.82) is 0 Å². The maximum absolute atomic E-state index is 14.1. The predicted molar refractivity (Wildman–Crippen MR) is 178 cm³/mol. The smallest absolute Gasteiger partial charge is 0.338 e. The summed E-state index contributed by atoms with van der Waals surface area (Å²) in [5.74, 6) is 0.540. The molecule has 10 nitrogen and oxygen atoms in total. The van der Waals surface area contributed by atoms with Gasteiger partial charge in [0.25, 0.3) is 5.56 Å². The van der Waals surface area contributed by atoms with Gasteiger partial charge >= 0.3 is 11.9 Å². The van der Waals surface area contributed by atoms with Crippen LogP contribution in [0.2, 0.25) is 5.02 Å². The molecule has 0 aliphatic carbocycles. The van der Waals surface area contributed by atoms with E-state index in [4.69, 9.17) is 35.3 Å². The Morgan fingerprint density at radius 1 is 0.894 bits per heavy atom. The molecular formula is C35H33ClN2O8S. The van der Waals surface area contributed by atoms with E-state index in [0.717, 1.165) is 5.56 Å². The molecule has 0 saturated heterocycles. The number of methoxy groups -OCH3 is 1. The maximum Gasteiger partial charge on any atom is 0.338 e. The number of carbonyl (C=O) groups is 2. The fourth-order valence-corrected chi connectivity index (χ4v) is 6.15. The van der Waals surface area contributed by atoms with Gasteiger partial charge in [-0.2, -0.15) is 0 Å². The van der Waals surface area contributed by atoms with Crippen LogP contribution in [0.25, 0.3) is 6.08 Å². The number of hydrogen-bond donors (Lipinski definition) is 0. The van der Waals surface area contributed by atoms with Gasteiger partial charge in [0.1, 0.15) is 12.4 Å². The van der Waals surface area contributed by atoms with Crippen LogP contribution in [0.15, 0.2) is 82.2 Å². The van der Waals surface area contributed by atoms with Gasteiger partial charge in [0.2, 0.25) is 0 Å². The van der Waals surface area contributed by atoms with E-state index in [0.29, 0.717) is 68.1 Å². The molecule has 1 aromatic heterocycles. The van der Waals surface area contributed by atoms with E-state index in [1.54, 1.807) is 73.7 Å². The highest BCUT2D eigenvalue weighted by Gasteiger charge is 2.31. The minimum atomic E-state index is -0.830. The van der Waals surface area contributed by atoms with Gasteiger partial charge in [-0.05, 0) is 80.4 Å². The van der Waals surface area contributed by atoms with E-state index >= 15 is 0 Å². The van der Waals surface area contributed by atoms with E-state index in [1.807, 2.05) is 13.8 Å². The SMILES string of the molecule is CCOC(=O)c1ccc(COc2ccc(Cl)cc2/C=c2/sc3n(c2=O)[C@@H](c2ccc(OCC)c(OCC)c2)C(C(=O)OC)=CN=3)cc1. The first-order valence-electron chi connectivity index (χ1n) is 14.9. The number of carbonyl (C=O) groups excluding carboxylic acids is 2. The van der Waals surface area contributed by atoms with Crippen LogP contribution in [0.4, 0.5) is 0 Å². The van der Waals surface area contributed by atoms with E-state index < -0.39 is 12.0 Å². The second kappa shape index (κ2) is 15.1. The Bertz CT molecular complexity index is 2000. The van der Waals surface area contributed by atoms with Crippen molar-refractivity contribution in [2.45, 2.75) is 33.4 Å². The molecule has 1 atom stereocenters. The van der Waals surface area contributed by atoms with Gasteiger partial charge in [-0.1, -0.05) is 41.1 Å². The van der Waals surface area contributed by atoms with Crippen LogP contribution in [0.1, 0.15) is 53.9 Å². The molecule has 3 aromatic carbocycles. The van der Waals surface area contributed by atoms with Gasteiger partial charge in [0.15, 0.2) is 16.3 Å². The lowest BCUT2D eigenvalue weighted by Gasteiger charge is -2.23. The summed E-state index contributed by atoms with van der Waals surface area (Å²) in [5, 5.41) is 0.457. The zero-order chi connectivity index (χ0) is 33.5. The van der Waals surface area contributed by atoms with Gasteiger partial charge in [-0.3, -0.25) is 9.36 Å². The van der Waals surface area contributed by atoms with E-state index in [-0.39, 0.29) is 23.7 Å². The fourth-order valence-electron chi connectivity index (χ4n) is 5.00. The quantitative estimate of drug-likeness (QED) is 0.188. The third-order valence-corrected chi connectivity index (χ3v) is 8.36. The first-order chi connectivity index (χ1) is 22.8. The zero-order valence-electron chi connectivity index (χ0n) is 26.3. The van der Waals surface area contributed by atoms with Crippen LogP contribution in [-0.4, -0.2) is 43.4 Å². The monoisotopic (exact) mass is 676 g/mol. The number of hydrogen-bond acceptors (Lipinski definition) is 10. The average molecular weight is 677 g/mol. The molecule has 0 spiro atoms. The molecule has 47 heavy (non-hydrogen) atoms. The van der Waals surface area contributed by atoms with Crippen LogP contribution in [0.5, 0.6) is 17.2 Å². The van der Waals surface area contributed by atoms with E-state index in [9.17, 15) is 14.4 Å². The highest BCUT2D eigenvalue weighted by Crippen LogP contribution is 2.35. The van der Waals surface area contributed by atoms with E-state index in [2.05, 4.69) is 4.99 Å². The van der Waals surface area contributed by atoms with Gasteiger partial charge in [-0.25, -0.2) is 14.6 Å². The number of halogens is 1. The van der Waals surface area contributed by atoms with Crippen molar-refractivity contribution in [3.63, 3.8) is 0 Å². The first-order valence-corrected chi connectivity index (χ1v) is 16.1. The van der Waals surface area contributed by atoms with Crippen LogP contribution in [0, 0.1) is 0 Å². The first kappa shape index (κ1) is 33.5. The van der Waals surface area contributed by atoms with Crippen molar-refractivity contribution in [3.8, 4) is 17.2 Å². The third-order valence-electron chi connectivity index (χ3n) is 7.13. The molecule has 0 fully saturated rings. The maximum atomic E-state index is 14.1. The van der Waals surface area contributed by atoms with Crippen molar-refractivity contribution in [2.75, 3.05) is 26.9 Å². The van der Waals surface area contributed by atoms with Gasteiger partial charge in [0, 0.05) is 16.8 Å². The molecule has 4 aromatic rings. The number of esters is 2. The second-order valence-corrected chi connectivity index (χ2v) is 11.6. The lowest BCUT2D eigenvalue weighted by Crippen LogP contribution is -2.39. The Morgan fingerprint density at radius 3 is 2.32 bits per heavy atom. The minimum absolute atomic E-state index is 0.193. The molecule has 1 aliphatic rings. The zero-order valence-corrected chi connectivity index (χ0v) is 27.9. The third kappa shape index (κ3) is 7.42. The Labute approximate surface area is 280 Å². The standard InChI is InChI=1S/C35H33ClN2O8S/c1-5-43-28-14-12-23(17-29(28)44-6-2)31-26(34(41)42-4)19-37-35-38(31)32(39)30(47-35)18-24-16-25(36)13-15-27(24)46-20-21-8-10-22(11-9-21)33(40)45-7-3/h8-19,31H,5-7,20H2,1-4H3/b30-18+/t31-/m0/s1. The Hall–Kier alpha value is -4.87. The molecule has 5 rings (SSSR count). The summed E-state index contributed by atoms with van der Waals surface area (Å²) in [5.41, 5.74) is 2.31. The van der Waals surface area contributed by atoms with Gasteiger partial charge in [0.05, 0.1) is 48.6 Å². The fraction of sp³-hybridized carbons (Fsp3) is 0.257. The van der Waals surface area contributed by atoms with Crippen molar-refractivity contribution < 1.29 is 33.3 Å². The number of rotatable bonds is 12. The second-order valence-electron chi connectivity index (χ2n) is 10.1. The molecule has 0 N–H and O–H groups in total. The number of aromatic nitrogens is 1. The molecule has 1 aliphatic heterocycles. The van der Waals surface area contributed by atoms with E-state index in [1.165, 1.54) is 29.2 Å². The molecule has 0 unspecified atom stereocenters. The molecule has 12 heteroatoms. The molecule has 0 bridgehead atoms. The Kier molecular flexibility index (Phi) is 10.8. The summed E-state index contributed by atoms with van der Waals surface area (Å²) >= 11 is 7.54. The molecule has 0 amide bonds. The number of nitrogens with zero attached hydrogens (tertiary/aromatic N) is 2. The highest BCUT2D eigenvalue weighted by molar-refractivity contribution is 7.07. The number of thiazole rings is 1. The minimum Gasteiger partial charge on any atom is -0.490 e. The summed E-state index contributed by atoms with van der Waals surface area (Å²) in [4.78, 5) is 43.8. The summed E-state index contributed by atoms with van der Waals surface area (Å²) in [7, 11) is 1.28. The number of fused-ring (bicyclic) bond motifs is 1.